The Bertz CT molecular complexity index is 570. The molecular formula is C17H20ClNO2. The van der Waals surface area contributed by atoms with E-state index in [0.717, 1.165) is 29.9 Å². The zero-order valence-corrected chi connectivity index (χ0v) is 12.9. The quantitative estimate of drug-likeness (QED) is 0.852. The van der Waals surface area contributed by atoms with Crippen molar-refractivity contribution in [3.63, 3.8) is 0 Å². The third-order valence-electron chi connectivity index (χ3n) is 3.28. The minimum absolute atomic E-state index is 0.554. The Morgan fingerprint density at radius 3 is 2.48 bits per heavy atom. The SMILES string of the molecule is COc1ccc(CCOc2cccc(Cl)c2CCN)cc1. The van der Waals surface area contributed by atoms with Crippen LogP contribution in [0.5, 0.6) is 11.5 Å². The van der Waals surface area contributed by atoms with Crippen molar-refractivity contribution in [2.45, 2.75) is 12.8 Å². The van der Waals surface area contributed by atoms with Gasteiger partial charge in [-0.15, -0.1) is 0 Å². The topological polar surface area (TPSA) is 44.5 Å². The molecule has 0 aromatic heterocycles. The molecule has 0 aliphatic carbocycles. The van der Waals surface area contributed by atoms with Gasteiger partial charge in [0.25, 0.3) is 0 Å². The Balaban J connectivity index is 1.95. The minimum atomic E-state index is 0.554. The molecule has 0 radical (unpaired) electrons. The van der Waals surface area contributed by atoms with Gasteiger partial charge >= 0.3 is 0 Å². The molecule has 0 heterocycles. The first kappa shape index (κ1) is 15.7. The van der Waals surface area contributed by atoms with Crippen LogP contribution in [0.25, 0.3) is 0 Å². The van der Waals surface area contributed by atoms with E-state index < -0.39 is 0 Å². The van der Waals surface area contributed by atoms with Gasteiger partial charge in [0.15, 0.2) is 0 Å². The molecule has 0 aliphatic rings. The summed E-state index contributed by atoms with van der Waals surface area (Å²) in [4.78, 5) is 0. The summed E-state index contributed by atoms with van der Waals surface area (Å²) in [6.07, 6.45) is 1.55. The fourth-order valence-corrected chi connectivity index (χ4v) is 2.39. The molecular weight excluding hydrogens is 286 g/mol. The summed E-state index contributed by atoms with van der Waals surface area (Å²) < 4.78 is 11.0. The first-order chi connectivity index (χ1) is 10.2. The maximum absolute atomic E-state index is 6.19. The molecule has 0 saturated heterocycles. The Hall–Kier alpha value is -1.71. The molecule has 0 saturated carbocycles. The van der Waals surface area contributed by atoms with Gasteiger partial charge in [-0.25, -0.2) is 0 Å². The zero-order chi connectivity index (χ0) is 15.1. The number of halogens is 1. The molecule has 0 unspecified atom stereocenters. The number of ether oxygens (including phenoxy) is 2. The van der Waals surface area contributed by atoms with E-state index in [1.807, 2.05) is 42.5 Å². The van der Waals surface area contributed by atoms with Crippen molar-refractivity contribution in [3.8, 4) is 11.5 Å². The summed E-state index contributed by atoms with van der Waals surface area (Å²) >= 11 is 6.19. The fraction of sp³-hybridized carbons (Fsp3) is 0.294. The fourth-order valence-electron chi connectivity index (χ4n) is 2.13. The van der Waals surface area contributed by atoms with Crippen LogP contribution in [0.3, 0.4) is 0 Å². The van der Waals surface area contributed by atoms with Crippen molar-refractivity contribution in [2.24, 2.45) is 5.73 Å². The molecule has 0 spiro atoms. The van der Waals surface area contributed by atoms with Crippen LogP contribution in [0.2, 0.25) is 5.02 Å². The number of nitrogens with two attached hydrogens (primary N) is 1. The molecule has 0 aliphatic heterocycles. The number of methoxy groups -OCH3 is 1. The monoisotopic (exact) mass is 305 g/mol. The van der Waals surface area contributed by atoms with Crippen LogP contribution in [0.1, 0.15) is 11.1 Å². The summed E-state index contributed by atoms with van der Waals surface area (Å²) in [7, 11) is 1.66. The molecule has 112 valence electrons. The maximum Gasteiger partial charge on any atom is 0.124 e. The lowest BCUT2D eigenvalue weighted by Gasteiger charge is -2.12. The van der Waals surface area contributed by atoms with E-state index in [4.69, 9.17) is 26.8 Å². The van der Waals surface area contributed by atoms with Crippen molar-refractivity contribution in [3.05, 3.63) is 58.6 Å². The molecule has 21 heavy (non-hydrogen) atoms. The van der Waals surface area contributed by atoms with Gasteiger partial charge in [-0.2, -0.15) is 0 Å². The summed E-state index contributed by atoms with van der Waals surface area (Å²) in [6, 6.07) is 13.7. The van der Waals surface area contributed by atoms with E-state index in [-0.39, 0.29) is 0 Å². The van der Waals surface area contributed by atoms with Crippen LogP contribution in [0.4, 0.5) is 0 Å². The standard InChI is InChI=1S/C17H20ClNO2/c1-20-14-7-5-13(6-8-14)10-12-21-17-4-2-3-16(18)15(17)9-11-19/h2-8H,9-12,19H2,1H3. The first-order valence-electron chi connectivity index (χ1n) is 6.97. The first-order valence-corrected chi connectivity index (χ1v) is 7.35. The minimum Gasteiger partial charge on any atom is -0.497 e. The van der Waals surface area contributed by atoms with E-state index in [1.54, 1.807) is 7.11 Å². The molecule has 4 heteroatoms. The lowest BCUT2D eigenvalue weighted by molar-refractivity contribution is 0.318. The van der Waals surface area contributed by atoms with E-state index >= 15 is 0 Å². The van der Waals surface area contributed by atoms with E-state index in [2.05, 4.69) is 0 Å². The van der Waals surface area contributed by atoms with Crippen LogP contribution in [0, 0.1) is 0 Å². The van der Waals surface area contributed by atoms with Gasteiger partial charge in [-0.1, -0.05) is 29.8 Å². The average Bonchev–Trinajstić information content (AvgIpc) is 2.51. The summed E-state index contributed by atoms with van der Waals surface area (Å²) in [5, 5.41) is 0.711. The highest BCUT2D eigenvalue weighted by Gasteiger charge is 2.07. The third kappa shape index (κ3) is 4.38. The van der Waals surface area contributed by atoms with Crippen LogP contribution in [-0.2, 0) is 12.8 Å². The molecule has 2 N–H and O–H groups in total. The molecule has 3 nitrogen and oxygen atoms in total. The van der Waals surface area contributed by atoms with E-state index in [0.29, 0.717) is 18.2 Å². The average molecular weight is 306 g/mol. The van der Waals surface area contributed by atoms with Gasteiger partial charge in [0.1, 0.15) is 11.5 Å². The summed E-state index contributed by atoms with van der Waals surface area (Å²) in [6.45, 7) is 1.16. The molecule has 0 fully saturated rings. The molecule has 2 aromatic carbocycles. The predicted octanol–water partition coefficient (Wildman–Crippen LogP) is 3.47. The highest BCUT2D eigenvalue weighted by Crippen LogP contribution is 2.26. The largest absolute Gasteiger partial charge is 0.497 e. The highest BCUT2D eigenvalue weighted by atomic mass is 35.5. The van der Waals surface area contributed by atoms with Crippen LogP contribution >= 0.6 is 11.6 Å². The Kier molecular flexibility index (Phi) is 5.90. The molecule has 0 amide bonds. The zero-order valence-electron chi connectivity index (χ0n) is 12.1. The number of hydrogen-bond donors (Lipinski definition) is 1. The highest BCUT2D eigenvalue weighted by molar-refractivity contribution is 6.31. The molecule has 0 atom stereocenters. The Labute approximate surface area is 130 Å². The van der Waals surface area contributed by atoms with Crippen LogP contribution in [0.15, 0.2) is 42.5 Å². The van der Waals surface area contributed by atoms with Gasteiger partial charge < -0.3 is 15.2 Å². The van der Waals surface area contributed by atoms with Gasteiger partial charge in [-0.3, -0.25) is 0 Å². The maximum atomic E-state index is 6.19. The summed E-state index contributed by atoms with van der Waals surface area (Å²) in [5.41, 5.74) is 7.81. The van der Waals surface area contributed by atoms with Gasteiger partial charge in [0.2, 0.25) is 0 Å². The van der Waals surface area contributed by atoms with Gasteiger partial charge in [-0.05, 0) is 42.8 Å². The van der Waals surface area contributed by atoms with Crippen LogP contribution in [-0.4, -0.2) is 20.3 Å². The second kappa shape index (κ2) is 7.91. The Morgan fingerprint density at radius 2 is 1.81 bits per heavy atom. The van der Waals surface area contributed by atoms with Crippen LogP contribution < -0.4 is 15.2 Å². The second-order valence-electron chi connectivity index (χ2n) is 4.70. The van der Waals surface area contributed by atoms with Gasteiger partial charge in [0.05, 0.1) is 13.7 Å². The number of rotatable bonds is 7. The number of benzene rings is 2. The molecule has 0 bridgehead atoms. The van der Waals surface area contributed by atoms with Crippen molar-refractivity contribution in [1.82, 2.24) is 0 Å². The lowest BCUT2D eigenvalue weighted by atomic mass is 10.1. The third-order valence-corrected chi connectivity index (χ3v) is 3.63. The summed E-state index contributed by atoms with van der Waals surface area (Å²) in [5.74, 6) is 1.68. The normalized spacial score (nSPS) is 10.4. The smallest absolute Gasteiger partial charge is 0.124 e. The van der Waals surface area contributed by atoms with Crippen molar-refractivity contribution in [1.29, 1.82) is 0 Å². The second-order valence-corrected chi connectivity index (χ2v) is 5.11. The van der Waals surface area contributed by atoms with Gasteiger partial charge in [0, 0.05) is 17.0 Å². The number of hydrogen-bond acceptors (Lipinski definition) is 3. The Morgan fingerprint density at radius 1 is 1.05 bits per heavy atom. The van der Waals surface area contributed by atoms with Crippen molar-refractivity contribution >= 4 is 11.6 Å². The lowest BCUT2D eigenvalue weighted by Crippen LogP contribution is -2.07. The predicted molar refractivity (Wildman–Crippen MR) is 86.4 cm³/mol. The van der Waals surface area contributed by atoms with Crippen molar-refractivity contribution < 1.29 is 9.47 Å². The van der Waals surface area contributed by atoms with Crippen molar-refractivity contribution in [2.75, 3.05) is 20.3 Å². The molecule has 2 aromatic rings. The van der Waals surface area contributed by atoms with E-state index in [1.165, 1.54) is 5.56 Å². The van der Waals surface area contributed by atoms with E-state index in [9.17, 15) is 0 Å². The molecule has 2 rings (SSSR count).